The normalized spacial score (nSPS) is 17.4. The lowest BCUT2D eigenvalue weighted by atomic mass is 9.94. The van der Waals surface area contributed by atoms with Crippen molar-refractivity contribution in [3.05, 3.63) is 0 Å². The molecule has 2 N–H and O–H groups in total. The molecular formula is C14H29N3OS. The first-order valence-corrected chi connectivity index (χ1v) is 7.91. The van der Waals surface area contributed by atoms with Crippen LogP contribution in [0.25, 0.3) is 0 Å². The first-order chi connectivity index (χ1) is 9.22. The summed E-state index contributed by atoms with van der Waals surface area (Å²) >= 11 is 5.25. The molecule has 1 rings (SSSR count). The fraction of sp³-hybridized carbons (Fsp3) is 0.929. The van der Waals surface area contributed by atoms with E-state index in [0.717, 1.165) is 43.8 Å². The van der Waals surface area contributed by atoms with Crippen LogP contribution in [0.4, 0.5) is 0 Å². The Labute approximate surface area is 123 Å². The Kier molecular flexibility index (Phi) is 9.12. The van der Waals surface area contributed by atoms with Gasteiger partial charge in [0, 0.05) is 26.3 Å². The van der Waals surface area contributed by atoms with E-state index in [1.807, 2.05) is 6.92 Å². The number of ether oxygens (including phenoxy) is 1. The standard InChI is InChI=1S/C14H29N3OS/c1-3-18-12-4-8-15-14(19)16-9-5-13-6-10-17(2)11-7-13/h13H,3-12H2,1-2H3,(H2,15,16,19). The molecule has 0 aromatic heterocycles. The van der Waals surface area contributed by atoms with Crippen LogP contribution >= 0.6 is 12.2 Å². The number of piperidine rings is 1. The quantitative estimate of drug-likeness (QED) is 0.524. The molecule has 4 nitrogen and oxygen atoms in total. The van der Waals surface area contributed by atoms with Crippen molar-refractivity contribution in [3.63, 3.8) is 0 Å². The van der Waals surface area contributed by atoms with Crippen molar-refractivity contribution in [3.8, 4) is 0 Å². The van der Waals surface area contributed by atoms with E-state index >= 15 is 0 Å². The van der Waals surface area contributed by atoms with Crippen LogP contribution in [0.1, 0.15) is 32.6 Å². The van der Waals surface area contributed by atoms with Crippen molar-refractivity contribution in [2.45, 2.75) is 32.6 Å². The average Bonchev–Trinajstić information content (AvgIpc) is 2.41. The van der Waals surface area contributed by atoms with Crippen molar-refractivity contribution in [2.24, 2.45) is 5.92 Å². The number of nitrogens with one attached hydrogen (secondary N) is 2. The van der Waals surface area contributed by atoms with Gasteiger partial charge >= 0.3 is 0 Å². The second kappa shape index (κ2) is 10.4. The number of rotatable bonds is 8. The van der Waals surface area contributed by atoms with E-state index in [-0.39, 0.29) is 0 Å². The second-order valence-electron chi connectivity index (χ2n) is 5.27. The third-order valence-corrected chi connectivity index (χ3v) is 3.92. The summed E-state index contributed by atoms with van der Waals surface area (Å²) in [5.74, 6) is 0.865. The first kappa shape index (κ1) is 16.7. The third kappa shape index (κ3) is 8.39. The van der Waals surface area contributed by atoms with E-state index < -0.39 is 0 Å². The molecule has 1 heterocycles. The molecule has 112 valence electrons. The molecule has 1 aliphatic heterocycles. The summed E-state index contributed by atoms with van der Waals surface area (Å²) in [5.41, 5.74) is 0. The molecule has 1 aliphatic rings. The van der Waals surface area contributed by atoms with E-state index in [0.29, 0.717) is 0 Å². The van der Waals surface area contributed by atoms with Gasteiger partial charge in [0.2, 0.25) is 0 Å². The van der Waals surface area contributed by atoms with Crippen molar-refractivity contribution in [1.82, 2.24) is 15.5 Å². The lowest BCUT2D eigenvalue weighted by Crippen LogP contribution is -2.38. The van der Waals surface area contributed by atoms with Crippen molar-refractivity contribution >= 4 is 17.3 Å². The fourth-order valence-electron chi connectivity index (χ4n) is 2.32. The predicted octanol–water partition coefficient (Wildman–Crippen LogP) is 1.61. The van der Waals surface area contributed by atoms with Crippen LogP contribution in [-0.4, -0.2) is 56.5 Å². The van der Waals surface area contributed by atoms with E-state index in [2.05, 4.69) is 22.6 Å². The van der Waals surface area contributed by atoms with Crippen LogP contribution in [0.2, 0.25) is 0 Å². The lowest BCUT2D eigenvalue weighted by molar-refractivity contribution is 0.145. The minimum absolute atomic E-state index is 0.782. The van der Waals surface area contributed by atoms with Gasteiger partial charge in [0.05, 0.1) is 0 Å². The fourth-order valence-corrected chi connectivity index (χ4v) is 2.53. The van der Waals surface area contributed by atoms with Crippen LogP contribution in [0.3, 0.4) is 0 Å². The highest BCUT2D eigenvalue weighted by Crippen LogP contribution is 2.18. The summed E-state index contributed by atoms with van der Waals surface area (Å²) in [6.45, 7) is 7.98. The van der Waals surface area contributed by atoms with Crippen LogP contribution in [0.15, 0.2) is 0 Å². The van der Waals surface area contributed by atoms with Gasteiger partial charge in [-0.3, -0.25) is 0 Å². The van der Waals surface area contributed by atoms with Gasteiger partial charge in [-0.1, -0.05) is 0 Å². The molecule has 5 heteroatoms. The number of thiocarbonyl (C=S) groups is 1. The summed E-state index contributed by atoms with van der Waals surface area (Å²) in [4.78, 5) is 2.41. The number of likely N-dealkylation sites (tertiary alicyclic amines) is 1. The molecule has 0 spiro atoms. The molecule has 0 bridgehead atoms. The minimum Gasteiger partial charge on any atom is -0.382 e. The molecule has 0 unspecified atom stereocenters. The number of hydrogen-bond acceptors (Lipinski definition) is 3. The summed E-state index contributed by atoms with van der Waals surface area (Å²) < 4.78 is 5.28. The van der Waals surface area contributed by atoms with Crippen LogP contribution in [-0.2, 0) is 4.74 Å². The Morgan fingerprint density at radius 2 is 1.95 bits per heavy atom. The molecule has 0 aliphatic carbocycles. The van der Waals surface area contributed by atoms with Crippen molar-refractivity contribution in [1.29, 1.82) is 0 Å². The zero-order chi connectivity index (χ0) is 13.9. The predicted molar refractivity (Wildman–Crippen MR) is 84.6 cm³/mol. The molecular weight excluding hydrogens is 258 g/mol. The van der Waals surface area contributed by atoms with E-state index in [1.54, 1.807) is 0 Å². The average molecular weight is 287 g/mol. The highest BCUT2D eigenvalue weighted by molar-refractivity contribution is 7.80. The third-order valence-electron chi connectivity index (χ3n) is 3.63. The Morgan fingerprint density at radius 3 is 2.63 bits per heavy atom. The van der Waals surface area contributed by atoms with Crippen LogP contribution in [0, 0.1) is 5.92 Å². The monoisotopic (exact) mass is 287 g/mol. The van der Waals surface area contributed by atoms with Crippen molar-refractivity contribution < 1.29 is 4.74 Å². The molecule has 0 atom stereocenters. The Balaban J connectivity index is 1.92. The SMILES string of the molecule is CCOCCCNC(=S)NCCC1CCN(C)CC1. The molecule has 0 aromatic rings. The van der Waals surface area contributed by atoms with E-state index in [4.69, 9.17) is 17.0 Å². The smallest absolute Gasteiger partial charge is 0.166 e. The number of nitrogens with zero attached hydrogens (tertiary/aromatic N) is 1. The maximum atomic E-state index is 5.28. The maximum absolute atomic E-state index is 5.28. The van der Waals surface area contributed by atoms with Gasteiger partial charge in [0.25, 0.3) is 0 Å². The summed E-state index contributed by atoms with van der Waals surface area (Å²) in [5, 5.41) is 7.30. The van der Waals surface area contributed by atoms with Gasteiger partial charge in [-0.15, -0.1) is 0 Å². The highest BCUT2D eigenvalue weighted by Gasteiger charge is 2.15. The Bertz CT molecular complexity index is 243. The zero-order valence-electron chi connectivity index (χ0n) is 12.4. The van der Waals surface area contributed by atoms with Gasteiger partial charge in [-0.2, -0.15) is 0 Å². The van der Waals surface area contributed by atoms with Crippen molar-refractivity contribution in [2.75, 3.05) is 46.4 Å². The molecule has 0 amide bonds. The first-order valence-electron chi connectivity index (χ1n) is 7.50. The van der Waals surface area contributed by atoms with Gasteiger partial charge in [-0.05, 0) is 70.9 Å². The van der Waals surface area contributed by atoms with Crippen LogP contribution in [0.5, 0.6) is 0 Å². The topological polar surface area (TPSA) is 36.5 Å². The molecule has 0 radical (unpaired) electrons. The molecule has 0 saturated carbocycles. The Morgan fingerprint density at radius 1 is 1.26 bits per heavy atom. The molecule has 1 fully saturated rings. The summed E-state index contributed by atoms with van der Waals surface area (Å²) in [7, 11) is 2.20. The van der Waals surface area contributed by atoms with Gasteiger partial charge in [-0.25, -0.2) is 0 Å². The van der Waals surface area contributed by atoms with Gasteiger partial charge < -0.3 is 20.3 Å². The summed E-state index contributed by atoms with van der Waals surface area (Å²) in [6, 6.07) is 0. The highest BCUT2D eigenvalue weighted by atomic mass is 32.1. The molecule has 1 saturated heterocycles. The largest absolute Gasteiger partial charge is 0.382 e. The lowest BCUT2D eigenvalue weighted by Gasteiger charge is -2.29. The minimum atomic E-state index is 0.782. The van der Waals surface area contributed by atoms with E-state index in [9.17, 15) is 0 Å². The second-order valence-corrected chi connectivity index (χ2v) is 5.68. The van der Waals surface area contributed by atoms with E-state index in [1.165, 1.54) is 32.4 Å². The van der Waals surface area contributed by atoms with Gasteiger partial charge in [0.15, 0.2) is 5.11 Å². The zero-order valence-corrected chi connectivity index (χ0v) is 13.2. The van der Waals surface area contributed by atoms with Crippen LogP contribution < -0.4 is 10.6 Å². The summed E-state index contributed by atoms with van der Waals surface area (Å²) in [6.07, 6.45) is 4.89. The maximum Gasteiger partial charge on any atom is 0.166 e. The molecule has 0 aromatic carbocycles. The molecule has 19 heavy (non-hydrogen) atoms. The Hall–Kier alpha value is -0.390. The number of hydrogen-bond donors (Lipinski definition) is 2. The van der Waals surface area contributed by atoms with Gasteiger partial charge in [0.1, 0.15) is 0 Å².